The van der Waals surface area contributed by atoms with E-state index in [0.717, 1.165) is 6.07 Å². The Balaban J connectivity index is 2.20. The summed E-state index contributed by atoms with van der Waals surface area (Å²) in [6.07, 6.45) is 0.809. The van der Waals surface area contributed by atoms with E-state index < -0.39 is 41.5 Å². The zero-order chi connectivity index (χ0) is 19.4. The highest BCUT2D eigenvalue weighted by Gasteiger charge is 2.36. The fraction of sp³-hybridized carbons (Fsp3) is 0.500. The molecule has 0 radical (unpaired) electrons. The first kappa shape index (κ1) is 19.8. The molecule has 3 atom stereocenters. The van der Waals surface area contributed by atoms with Crippen LogP contribution in [0.3, 0.4) is 0 Å². The van der Waals surface area contributed by atoms with Crippen LogP contribution in [0.4, 0.5) is 8.78 Å². The van der Waals surface area contributed by atoms with Gasteiger partial charge in [0.15, 0.2) is 0 Å². The van der Waals surface area contributed by atoms with E-state index in [2.05, 4.69) is 5.32 Å². The molecule has 1 aromatic carbocycles. The summed E-state index contributed by atoms with van der Waals surface area (Å²) < 4.78 is 27.2. The molecule has 2 N–H and O–H groups in total. The van der Waals surface area contributed by atoms with Crippen molar-refractivity contribution in [2.24, 2.45) is 5.92 Å². The lowest BCUT2D eigenvalue weighted by Crippen LogP contribution is -2.50. The van der Waals surface area contributed by atoms with Crippen LogP contribution in [-0.4, -0.2) is 40.4 Å². The highest BCUT2D eigenvalue weighted by Crippen LogP contribution is 2.27. The van der Waals surface area contributed by atoms with E-state index in [1.807, 2.05) is 0 Å². The number of nitrogens with zero attached hydrogens (tertiary/aromatic N) is 1. The Morgan fingerprint density at radius 2 is 2.04 bits per heavy atom. The number of carboxylic acids is 1. The summed E-state index contributed by atoms with van der Waals surface area (Å²) in [6.45, 7) is 3.31. The number of likely N-dealkylation sites (tertiary alicyclic amines) is 1. The number of carbonyl (C=O) groups excluding carboxylic acids is 2. The normalized spacial score (nSPS) is 21.2. The van der Waals surface area contributed by atoms with Crippen LogP contribution in [0, 0.1) is 17.6 Å². The van der Waals surface area contributed by atoms with Crippen molar-refractivity contribution in [2.45, 2.75) is 45.2 Å². The van der Waals surface area contributed by atoms with Gasteiger partial charge in [0.1, 0.15) is 11.6 Å². The quantitative estimate of drug-likeness (QED) is 0.835. The van der Waals surface area contributed by atoms with E-state index in [4.69, 9.17) is 0 Å². The van der Waals surface area contributed by atoms with Gasteiger partial charge in [0.25, 0.3) is 0 Å². The molecule has 2 amide bonds. The summed E-state index contributed by atoms with van der Waals surface area (Å²) in [7, 11) is 0. The highest BCUT2D eigenvalue weighted by atomic mass is 19.1. The minimum Gasteiger partial charge on any atom is -0.481 e. The van der Waals surface area contributed by atoms with Crippen molar-refractivity contribution in [1.82, 2.24) is 10.2 Å². The molecule has 1 saturated heterocycles. The number of hydrogen-bond acceptors (Lipinski definition) is 3. The number of amides is 2. The van der Waals surface area contributed by atoms with Crippen LogP contribution in [0.2, 0.25) is 0 Å². The van der Waals surface area contributed by atoms with Gasteiger partial charge in [0.05, 0.1) is 18.4 Å². The summed E-state index contributed by atoms with van der Waals surface area (Å²) >= 11 is 0. The number of hydrogen-bond donors (Lipinski definition) is 2. The van der Waals surface area contributed by atoms with Crippen LogP contribution in [-0.2, 0) is 14.4 Å². The molecule has 6 nitrogen and oxygen atoms in total. The van der Waals surface area contributed by atoms with Gasteiger partial charge in [-0.05, 0) is 25.8 Å². The molecule has 1 unspecified atom stereocenters. The smallest absolute Gasteiger partial charge is 0.308 e. The monoisotopic (exact) mass is 368 g/mol. The SMILES string of the molecule is CC(=O)NC(CC(=O)N1CCC[C@@H](C(=O)O)[C@H]1C)c1ccc(F)cc1F. The van der Waals surface area contributed by atoms with Gasteiger partial charge in [-0.15, -0.1) is 0 Å². The Bertz CT molecular complexity index is 710. The number of benzene rings is 1. The number of halogens is 2. The van der Waals surface area contributed by atoms with Crippen molar-refractivity contribution in [3.8, 4) is 0 Å². The first-order chi connectivity index (χ1) is 12.2. The second kappa shape index (κ2) is 8.25. The topological polar surface area (TPSA) is 86.7 Å². The zero-order valence-corrected chi connectivity index (χ0v) is 14.7. The van der Waals surface area contributed by atoms with Crippen LogP contribution in [0.1, 0.15) is 44.7 Å². The highest BCUT2D eigenvalue weighted by molar-refractivity contribution is 5.81. The molecule has 1 heterocycles. The zero-order valence-electron chi connectivity index (χ0n) is 14.7. The predicted molar refractivity (Wildman–Crippen MR) is 89.1 cm³/mol. The van der Waals surface area contributed by atoms with Crippen LogP contribution in [0.5, 0.6) is 0 Å². The number of carbonyl (C=O) groups is 3. The summed E-state index contributed by atoms with van der Waals surface area (Å²) in [4.78, 5) is 36.9. The summed E-state index contributed by atoms with van der Waals surface area (Å²) in [5.74, 6) is -4.07. The van der Waals surface area contributed by atoms with E-state index in [1.54, 1.807) is 6.92 Å². The van der Waals surface area contributed by atoms with E-state index in [9.17, 15) is 28.3 Å². The number of rotatable bonds is 5. The predicted octanol–water partition coefficient (Wildman–Crippen LogP) is 2.24. The lowest BCUT2D eigenvalue weighted by molar-refractivity contribution is -0.149. The largest absolute Gasteiger partial charge is 0.481 e. The lowest BCUT2D eigenvalue weighted by Gasteiger charge is -2.38. The molecule has 0 saturated carbocycles. The molecule has 0 spiro atoms. The van der Waals surface area contributed by atoms with E-state index >= 15 is 0 Å². The van der Waals surface area contributed by atoms with Crippen molar-refractivity contribution in [2.75, 3.05) is 6.54 Å². The molecular weight excluding hydrogens is 346 g/mol. The number of piperidine rings is 1. The number of carboxylic acid groups (broad SMARTS) is 1. The summed E-state index contributed by atoms with van der Waals surface area (Å²) in [5.41, 5.74) is 0.00870. The molecule has 1 aliphatic rings. The second-order valence-corrected chi connectivity index (χ2v) is 6.54. The van der Waals surface area contributed by atoms with Crippen LogP contribution < -0.4 is 5.32 Å². The standard InChI is InChI=1S/C18H22F2N2O4/c1-10-13(18(25)26)4-3-7-22(10)17(24)9-16(21-11(2)23)14-6-5-12(19)8-15(14)20/h5-6,8,10,13,16H,3-4,7,9H2,1-2H3,(H,21,23)(H,25,26)/t10-,13-,16?/m1/s1. The van der Waals surface area contributed by atoms with Crippen molar-refractivity contribution in [1.29, 1.82) is 0 Å². The maximum atomic E-state index is 14.1. The van der Waals surface area contributed by atoms with Crippen LogP contribution >= 0.6 is 0 Å². The molecule has 142 valence electrons. The van der Waals surface area contributed by atoms with Gasteiger partial charge in [0.2, 0.25) is 11.8 Å². The van der Waals surface area contributed by atoms with Gasteiger partial charge in [0, 0.05) is 31.1 Å². The lowest BCUT2D eigenvalue weighted by atomic mass is 9.89. The average Bonchev–Trinajstić information content (AvgIpc) is 2.53. The van der Waals surface area contributed by atoms with Gasteiger partial charge in [-0.25, -0.2) is 8.78 Å². The van der Waals surface area contributed by atoms with Crippen molar-refractivity contribution in [3.63, 3.8) is 0 Å². The third-order valence-corrected chi connectivity index (χ3v) is 4.72. The Kier molecular flexibility index (Phi) is 6.28. The first-order valence-corrected chi connectivity index (χ1v) is 8.45. The minimum atomic E-state index is -0.960. The Morgan fingerprint density at radius 1 is 1.35 bits per heavy atom. The third-order valence-electron chi connectivity index (χ3n) is 4.72. The second-order valence-electron chi connectivity index (χ2n) is 6.54. The molecule has 1 fully saturated rings. The van der Waals surface area contributed by atoms with E-state index in [0.29, 0.717) is 25.5 Å². The van der Waals surface area contributed by atoms with Crippen molar-refractivity contribution >= 4 is 17.8 Å². The number of nitrogens with one attached hydrogen (secondary N) is 1. The molecule has 26 heavy (non-hydrogen) atoms. The van der Waals surface area contributed by atoms with Crippen LogP contribution in [0.15, 0.2) is 18.2 Å². The maximum absolute atomic E-state index is 14.1. The van der Waals surface area contributed by atoms with Gasteiger partial charge in [-0.2, -0.15) is 0 Å². The molecular formula is C18H22F2N2O4. The Hall–Kier alpha value is -2.51. The number of aliphatic carboxylic acids is 1. The molecule has 0 bridgehead atoms. The van der Waals surface area contributed by atoms with Crippen molar-refractivity contribution in [3.05, 3.63) is 35.4 Å². The fourth-order valence-corrected chi connectivity index (χ4v) is 3.39. The molecule has 2 rings (SSSR count). The average molecular weight is 368 g/mol. The van der Waals surface area contributed by atoms with Gasteiger partial charge in [-0.3, -0.25) is 14.4 Å². The summed E-state index contributed by atoms with van der Waals surface area (Å²) in [6, 6.07) is 1.49. The van der Waals surface area contributed by atoms with E-state index in [-0.39, 0.29) is 17.9 Å². The molecule has 8 heteroatoms. The molecule has 0 aromatic heterocycles. The van der Waals surface area contributed by atoms with Gasteiger partial charge in [-0.1, -0.05) is 6.07 Å². The third kappa shape index (κ3) is 4.56. The van der Waals surface area contributed by atoms with Gasteiger partial charge < -0.3 is 15.3 Å². The Morgan fingerprint density at radius 3 is 2.62 bits per heavy atom. The van der Waals surface area contributed by atoms with E-state index in [1.165, 1.54) is 17.9 Å². The molecule has 1 aromatic rings. The molecule has 0 aliphatic carbocycles. The maximum Gasteiger partial charge on any atom is 0.308 e. The fourth-order valence-electron chi connectivity index (χ4n) is 3.39. The molecule has 1 aliphatic heterocycles. The van der Waals surface area contributed by atoms with Crippen molar-refractivity contribution < 1.29 is 28.3 Å². The van der Waals surface area contributed by atoms with Crippen LogP contribution in [0.25, 0.3) is 0 Å². The Labute approximate surface area is 150 Å². The first-order valence-electron chi connectivity index (χ1n) is 8.45. The van der Waals surface area contributed by atoms with Gasteiger partial charge >= 0.3 is 5.97 Å². The summed E-state index contributed by atoms with van der Waals surface area (Å²) in [5, 5.41) is 11.8. The minimum absolute atomic E-state index is 0.00870.